The molecule has 1 saturated heterocycles. The predicted molar refractivity (Wildman–Crippen MR) is 100 cm³/mol. The van der Waals surface area contributed by atoms with E-state index in [4.69, 9.17) is 9.62 Å². The Kier molecular flexibility index (Phi) is 4.51. The first kappa shape index (κ1) is 17.5. The molecule has 1 atom stereocenters. The summed E-state index contributed by atoms with van der Waals surface area (Å²) >= 11 is 0. The quantitative estimate of drug-likeness (QED) is 0.710. The Morgan fingerprint density at radius 3 is 2.85 bits per heavy atom. The van der Waals surface area contributed by atoms with Crippen molar-refractivity contribution in [2.24, 2.45) is 7.05 Å². The van der Waals surface area contributed by atoms with Crippen LogP contribution in [-0.2, 0) is 7.05 Å². The molecule has 0 bridgehead atoms. The Labute approximate surface area is 158 Å². The van der Waals surface area contributed by atoms with E-state index >= 15 is 0 Å². The smallest absolute Gasteiger partial charge is 0.255 e. The molecule has 1 amide bonds. The molecule has 0 aromatic carbocycles. The van der Waals surface area contributed by atoms with Gasteiger partial charge in [0.05, 0.1) is 28.6 Å². The summed E-state index contributed by atoms with van der Waals surface area (Å²) in [6.45, 7) is 4.64. The number of aryl methyl sites for hydroxylation is 2. The highest BCUT2D eigenvalue weighted by molar-refractivity contribution is 5.94. The molecule has 3 aromatic rings. The van der Waals surface area contributed by atoms with Crippen molar-refractivity contribution in [3.05, 3.63) is 53.2 Å². The number of likely N-dealkylation sites (tertiary alicyclic amines) is 1. The Balaban J connectivity index is 1.75. The minimum absolute atomic E-state index is 0.00474. The molecule has 4 heterocycles. The fourth-order valence-corrected chi connectivity index (χ4v) is 3.71. The number of piperidine rings is 1. The summed E-state index contributed by atoms with van der Waals surface area (Å²) in [5, 5.41) is 8.80. The third-order valence-corrected chi connectivity index (χ3v) is 5.25. The second-order valence-electron chi connectivity index (χ2n) is 7.08. The molecule has 7 nitrogen and oxygen atoms in total. The second kappa shape index (κ2) is 6.98. The van der Waals surface area contributed by atoms with E-state index in [1.807, 2.05) is 38.1 Å². The van der Waals surface area contributed by atoms with Crippen molar-refractivity contribution >= 4 is 5.91 Å². The zero-order valence-electron chi connectivity index (χ0n) is 15.8. The van der Waals surface area contributed by atoms with Gasteiger partial charge < -0.3 is 9.42 Å². The molecule has 0 spiro atoms. The third-order valence-electron chi connectivity index (χ3n) is 5.25. The lowest BCUT2D eigenvalue weighted by molar-refractivity contribution is 0.0605. The molecule has 1 aliphatic rings. The summed E-state index contributed by atoms with van der Waals surface area (Å²) in [6.07, 6.45) is 8.18. The Morgan fingerprint density at radius 1 is 1.30 bits per heavy atom. The lowest BCUT2D eigenvalue weighted by atomic mass is 9.95. The molecular formula is C20H23N5O2. The van der Waals surface area contributed by atoms with Crippen LogP contribution in [0, 0.1) is 13.8 Å². The van der Waals surface area contributed by atoms with Crippen molar-refractivity contribution in [1.29, 1.82) is 0 Å². The van der Waals surface area contributed by atoms with Gasteiger partial charge in [-0.05, 0) is 45.2 Å². The van der Waals surface area contributed by atoms with Gasteiger partial charge in [-0.1, -0.05) is 5.16 Å². The average Bonchev–Trinajstić information content (AvgIpc) is 3.24. The van der Waals surface area contributed by atoms with Gasteiger partial charge in [0.15, 0.2) is 5.76 Å². The molecule has 0 saturated carbocycles. The first-order valence-corrected chi connectivity index (χ1v) is 9.24. The minimum atomic E-state index is -0.0903. The zero-order valence-corrected chi connectivity index (χ0v) is 15.8. The maximum atomic E-state index is 13.1. The van der Waals surface area contributed by atoms with E-state index < -0.39 is 0 Å². The number of pyridine rings is 1. The van der Waals surface area contributed by atoms with Gasteiger partial charge in [0.2, 0.25) is 0 Å². The molecule has 0 aliphatic carbocycles. The van der Waals surface area contributed by atoms with E-state index in [1.54, 1.807) is 23.1 Å². The number of nitrogens with zero attached hydrogens (tertiary/aromatic N) is 5. The summed E-state index contributed by atoms with van der Waals surface area (Å²) in [5.74, 6) is 0.727. The van der Waals surface area contributed by atoms with Gasteiger partial charge in [0, 0.05) is 37.7 Å². The van der Waals surface area contributed by atoms with Crippen LogP contribution in [0.15, 0.2) is 35.2 Å². The average molecular weight is 365 g/mol. The number of aromatic nitrogens is 4. The molecule has 140 valence electrons. The van der Waals surface area contributed by atoms with Crippen molar-refractivity contribution < 1.29 is 9.32 Å². The fourth-order valence-electron chi connectivity index (χ4n) is 3.71. The van der Waals surface area contributed by atoms with Gasteiger partial charge >= 0.3 is 0 Å². The normalized spacial score (nSPS) is 17.3. The molecule has 0 N–H and O–H groups in total. The van der Waals surface area contributed by atoms with E-state index in [0.717, 1.165) is 47.5 Å². The number of hydrogen-bond donors (Lipinski definition) is 0. The molecule has 7 heteroatoms. The van der Waals surface area contributed by atoms with E-state index in [-0.39, 0.29) is 11.9 Å². The molecule has 1 unspecified atom stereocenters. The van der Waals surface area contributed by atoms with Crippen LogP contribution in [0.4, 0.5) is 0 Å². The summed E-state index contributed by atoms with van der Waals surface area (Å²) in [5.41, 5.74) is 4.26. The number of rotatable bonds is 3. The summed E-state index contributed by atoms with van der Waals surface area (Å²) < 4.78 is 7.37. The Morgan fingerprint density at radius 2 is 2.15 bits per heavy atom. The fraction of sp³-hybridized carbons (Fsp3) is 0.400. The van der Waals surface area contributed by atoms with Crippen LogP contribution in [0.5, 0.6) is 0 Å². The molecule has 1 aliphatic heterocycles. The van der Waals surface area contributed by atoms with Gasteiger partial charge in [-0.15, -0.1) is 0 Å². The minimum Gasteiger partial charge on any atom is -0.356 e. The van der Waals surface area contributed by atoms with Crippen molar-refractivity contribution in [2.45, 2.75) is 39.2 Å². The van der Waals surface area contributed by atoms with Gasteiger partial charge in [0.25, 0.3) is 5.91 Å². The maximum absolute atomic E-state index is 13.1. The largest absolute Gasteiger partial charge is 0.356 e. The van der Waals surface area contributed by atoms with Crippen LogP contribution in [0.1, 0.15) is 52.6 Å². The van der Waals surface area contributed by atoms with Gasteiger partial charge in [-0.2, -0.15) is 5.10 Å². The Hall–Kier alpha value is -2.96. The summed E-state index contributed by atoms with van der Waals surface area (Å²) in [7, 11) is 1.89. The topological polar surface area (TPSA) is 77.0 Å². The van der Waals surface area contributed by atoms with E-state index in [2.05, 4.69) is 10.1 Å². The first-order chi connectivity index (χ1) is 13.1. The lowest BCUT2D eigenvalue weighted by Crippen LogP contribution is -2.39. The number of amides is 1. The van der Waals surface area contributed by atoms with Crippen molar-refractivity contribution in [2.75, 3.05) is 6.54 Å². The van der Waals surface area contributed by atoms with Gasteiger partial charge in [-0.3, -0.25) is 14.5 Å². The van der Waals surface area contributed by atoms with Crippen molar-refractivity contribution in [1.82, 2.24) is 24.8 Å². The van der Waals surface area contributed by atoms with Crippen LogP contribution in [0.3, 0.4) is 0 Å². The Bertz CT molecular complexity index is 960. The molecule has 27 heavy (non-hydrogen) atoms. The summed E-state index contributed by atoms with van der Waals surface area (Å²) in [4.78, 5) is 19.1. The first-order valence-electron chi connectivity index (χ1n) is 9.24. The van der Waals surface area contributed by atoms with Gasteiger partial charge in [0.1, 0.15) is 0 Å². The molecular weight excluding hydrogens is 342 g/mol. The third kappa shape index (κ3) is 3.13. The van der Waals surface area contributed by atoms with E-state index in [1.165, 1.54) is 0 Å². The molecule has 3 aromatic heterocycles. The lowest BCUT2D eigenvalue weighted by Gasteiger charge is -2.35. The highest BCUT2D eigenvalue weighted by Crippen LogP contribution is 2.38. The molecule has 0 radical (unpaired) electrons. The predicted octanol–water partition coefficient (Wildman–Crippen LogP) is 3.45. The van der Waals surface area contributed by atoms with Crippen molar-refractivity contribution in [3.63, 3.8) is 0 Å². The highest BCUT2D eigenvalue weighted by Gasteiger charge is 2.33. The highest BCUT2D eigenvalue weighted by atomic mass is 16.5. The number of hydrogen-bond acceptors (Lipinski definition) is 5. The van der Waals surface area contributed by atoms with Gasteiger partial charge in [-0.25, -0.2) is 0 Å². The van der Waals surface area contributed by atoms with Crippen LogP contribution >= 0.6 is 0 Å². The second-order valence-corrected chi connectivity index (χ2v) is 7.08. The number of carbonyl (C=O) groups excluding carboxylic acids is 1. The standard InChI is InChI=1S/C20H23N5O2/c1-13-14(2)23-27-19(13)16-12-24(3)22-18(16)17-8-4-5-10-25(17)20(26)15-7-6-9-21-11-15/h6-7,9,11-12,17H,4-5,8,10H2,1-3H3. The van der Waals surface area contributed by atoms with Crippen molar-refractivity contribution in [3.8, 4) is 11.3 Å². The van der Waals surface area contributed by atoms with Crippen LogP contribution in [-0.4, -0.2) is 37.3 Å². The molecule has 4 rings (SSSR count). The van der Waals surface area contributed by atoms with Crippen LogP contribution in [0.2, 0.25) is 0 Å². The molecule has 1 fully saturated rings. The SMILES string of the molecule is Cc1noc(-c2cn(C)nc2C2CCCCN2C(=O)c2cccnc2)c1C. The van der Waals surface area contributed by atoms with Crippen LogP contribution < -0.4 is 0 Å². The maximum Gasteiger partial charge on any atom is 0.255 e. The summed E-state index contributed by atoms with van der Waals surface area (Å²) in [6, 6.07) is 3.51. The van der Waals surface area contributed by atoms with E-state index in [0.29, 0.717) is 12.1 Å². The van der Waals surface area contributed by atoms with E-state index in [9.17, 15) is 4.79 Å². The monoisotopic (exact) mass is 365 g/mol. The van der Waals surface area contributed by atoms with Crippen LogP contribution in [0.25, 0.3) is 11.3 Å². The zero-order chi connectivity index (χ0) is 19.0. The number of carbonyl (C=O) groups is 1.